The van der Waals surface area contributed by atoms with Crippen LogP contribution in [0.25, 0.3) is 0 Å². The lowest BCUT2D eigenvalue weighted by Gasteiger charge is -2.34. The van der Waals surface area contributed by atoms with Crippen molar-refractivity contribution in [2.75, 3.05) is 24.4 Å². The number of nitrogens with zero attached hydrogens (tertiary/aromatic N) is 1. The Morgan fingerprint density at radius 2 is 1.72 bits per heavy atom. The average Bonchev–Trinajstić information content (AvgIpc) is 3.18. The van der Waals surface area contributed by atoms with Crippen molar-refractivity contribution in [2.45, 2.75) is 69.4 Å². The Morgan fingerprint density at radius 3 is 2.31 bits per heavy atom. The molecule has 2 aliphatic rings. The summed E-state index contributed by atoms with van der Waals surface area (Å²) in [6.07, 6.45) is 4.59. The number of sulfonamides is 2. The van der Waals surface area contributed by atoms with Gasteiger partial charge in [0.05, 0.1) is 17.5 Å². The van der Waals surface area contributed by atoms with Crippen LogP contribution >= 0.6 is 0 Å². The fraction of sp³-hybridized carbons (Fsp3) is 0.700. The molecule has 29 heavy (non-hydrogen) atoms. The summed E-state index contributed by atoms with van der Waals surface area (Å²) in [7, 11) is -7.33. The van der Waals surface area contributed by atoms with E-state index in [1.807, 2.05) is 0 Å². The molecule has 1 N–H and O–H groups in total. The molecule has 1 saturated heterocycles. The van der Waals surface area contributed by atoms with Crippen LogP contribution in [0.2, 0.25) is 0 Å². The maximum atomic E-state index is 13.1. The van der Waals surface area contributed by atoms with E-state index in [0.717, 1.165) is 25.7 Å². The minimum absolute atomic E-state index is 0.0197. The fourth-order valence-corrected chi connectivity index (χ4v) is 7.20. The second kappa shape index (κ2) is 8.43. The third-order valence-corrected chi connectivity index (χ3v) is 9.70. The van der Waals surface area contributed by atoms with Crippen molar-refractivity contribution in [1.82, 2.24) is 4.31 Å². The molecule has 1 aliphatic carbocycles. The summed E-state index contributed by atoms with van der Waals surface area (Å²) in [5.41, 5.74) is 0.429. The molecule has 1 aliphatic heterocycles. The van der Waals surface area contributed by atoms with E-state index in [4.69, 9.17) is 4.74 Å². The van der Waals surface area contributed by atoms with Crippen molar-refractivity contribution in [3.8, 4) is 5.75 Å². The largest absolute Gasteiger partial charge is 0.492 e. The highest BCUT2D eigenvalue weighted by Crippen LogP contribution is 2.38. The molecule has 3 rings (SSSR count). The lowest BCUT2D eigenvalue weighted by molar-refractivity contribution is 0.246. The lowest BCUT2D eigenvalue weighted by Crippen LogP contribution is -2.34. The van der Waals surface area contributed by atoms with E-state index in [2.05, 4.69) is 18.6 Å². The second-order valence-corrected chi connectivity index (χ2v) is 12.6. The standard InChI is InChI=1S/C20H32N2O5S2/c1-4-27-18-8-7-16(15-19(18)29(25,26)22-13-5-6-14-22)21-28(23,24)17-9-11-20(2,3)12-10-17/h7-8,15,17,21H,4-6,9-14H2,1-3H3. The van der Waals surface area contributed by atoms with Crippen LogP contribution in [0, 0.1) is 5.41 Å². The van der Waals surface area contributed by atoms with E-state index in [1.165, 1.54) is 16.4 Å². The maximum Gasteiger partial charge on any atom is 0.246 e. The summed E-state index contributed by atoms with van der Waals surface area (Å²) in [5.74, 6) is 0.252. The van der Waals surface area contributed by atoms with Gasteiger partial charge in [0.1, 0.15) is 10.6 Å². The van der Waals surface area contributed by atoms with Gasteiger partial charge in [0.15, 0.2) is 0 Å². The molecule has 0 unspecified atom stereocenters. The van der Waals surface area contributed by atoms with Crippen LogP contribution in [-0.2, 0) is 20.0 Å². The van der Waals surface area contributed by atoms with Crippen LogP contribution in [0.5, 0.6) is 5.75 Å². The molecule has 0 radical (unpaired) electrons. The van der Waals surface area contributed by atoms with Crippen molar-refractivity contribution in [3.63, 3.8) is 0 Å². The minimum atomic E-state index is -3.74. The third-order valence-electron chi connectivity index (χ3n) is 5.91. The van der Waals surface area contributed by atoms with Gasteiger partial charge in [0.2, 0.25) is 20.0 Å². The zero-order valence-corrected chi connectivity index (χ0v) is 19.1. The van der Waals surface area contributed by atoms with Gasteiger partial charge in [0.25, 0.3) is 0 Å². The summed E-state index contributed by atoms with van der Waals surface area (Å²) < 4.78 is 61.5. The van der Waals surface area contributed by atoms with Gasteiger partial charge in [-0.1, -0.05) is 13.8 Å². The average molecular weight is 445 g/mol. The summed E-state index contributed by atoms with van der Waals surface area (Å²) >= 11 is 0. The van der Waals surface area contributed by atoms with Crippen molar-refractivity contribution < 1.29 is 21.6 Å². The monoisotopic (exact) mass is 444 g/mol. The normalized spacial score (nSPS) is 21.2. The molecule has 0 aromatic heterocycles. The van der Waals surface area contributed by atoms with E-state index >= 15 is 0 Å². The molecule has 0 spiro atoms. The van der Waals surface area contributed by atoms with Gasteiger partial charge < -0.3 is 4.74 Å². The van der Waals surface area contributed by atoms with Gasteiger partial charge in [-0.15, -0.1) is 0 Å². The fourth-order valence-electron chi connectivity index (χ4n) is 4.05. The Hall–Kier alpha value is -1.32. The zero-order chi connectivity index (χ0) is 21.3. The van der Waals surface area contributed by atoms with E-state index in [-0.39, 0.29) is 21.7 Å². The molecule has 1 aromatic rings. The Balaban J connectivity index is 1.87. The van der Waals surface area contributed by atoms with Crippen LogP contribution < -0.4 is 9.46 Å². The van der Waals surface area contributed by atoms with Gasteiger partial charge >= 0.3 is 0 Å². The predicted octanol–water partition coefficient (Wildman–Crippen LogP) is 3.58. The van der Waals surface area contributed by atoms with E-state index in [1.54, 1.807) is 13.0 Å². The zero-order valence-electron chi connectivity index (χ0n) is 17.5. The number of hydrogen-bond acceptors (Lipinski definition) is 5. The third kappa shape index (κ3) is 5.06. The highest BCUT2D eigenvalue weighted by molar-refractivity contribution is 7.93. The molecular formula is C20H32N2O5S2. The Morgan fingerprint density at radius 1 is 1.10 bits per heavy atom. The van der Waals surface area contributed by atoms with Gasteiger partial charge in [-0.3, -0.25) is 4.72 Å². The highest BCUT2D eigenvalue weighted by Gasteiger charge is 2.35. The van der Waals surface area contributed by atoms with Crippen molar-refractivity contribution in [1.29, 1.82) is 0 Å². The topological polar surface area (TPSA) is 92.8 Å². The Kier molecular flexibility index (Phi) is 6.50. The molecule has 0 amide bonds. The molecule has 1 aromatic carbocycles. The van der Waals surface area contributed by atoms with Gasteiger partial charge in [0, 0.05) is 13.1 Å². The maximum absolute atomic E-state index is 13.1. The molecule has 7 nitrogen and oxygen atoms in total. The first-order chi connectivity index (χ1) is 13.5. The van der Waals surface area contributed by atoms with E-state index in [0.29, 0.717) is 32.5 Å². The number of rotatable bonds is 7. The molecule has 0 bridgehead atoms. The molecule has 2 fully saturated rings. The Bertz CT molecular complexity index is 926. The number of hydrogen-bond donors (Lipinski definition) is 1. The summed E-state index contributed by atoms with van der Waals surface area (Å²) in [6, 6.07) is 4.50. The van der Waals surface area contributed by atoms with Gasteiger partial charge in [-0.2, -0.15) is 4.31 Å². The summed E-state index contributed by atoms with van der Waals surface area (Å²) in [4.78, 5) is 0.0197. The predicted molar refractivity (Wildman–Crippen MR) is 114 cm³/mol. The molecular weight excluding hydrogens is 412 g/mol. The second-order valence-electron chi connectivity index (χ2n) is 8.72. The van der Waals surface area contributed by atoms with Gasteiger partial charge in [-0.25, -0.2) is 16.8 Å². The van der Waals surface area contributed by atoms with Crippen LogP contribution in [0.4, 0.5) is 5.69 Å². The summed E-state index contributed by atoms with van der Waals surface area (Å²) in [6.45, 7) is 7.37. The van der Waals surface area contributed by atoms with Crippen LogP contribution in [0.15, 0.2) is 23.1 Å². The SMILES string of the molecule is CCOc1ccc(NS(=O)(=O)C2CCC(C)(C)CC2)cc1S(=O)(=O)N1CCCC1. The molecule has 1 heterocycles. The van der Waals surface area contributed by atoms with Crippen LogP contribution in [0.1, 0.15) is 59.3 Å². The van der Waals surface area contributed by atoms with E-state index in [9.17, 15) is 16.8 Å². The number of ether oxygens (including phenoxy) is 1. The van der Waals surface area contributed by atoms with Gasteiger partial charge in [-0.05, 0) is 69.1 Å². The molecule has 0 atom stereocenters. The lowest BCUT2D eigenvalue weighted by atomic mass is 9.77. The molecule has 1 saturated carbocycles. The van der Waals surface area contributed by atoms with E-state index < -0.39 is 25.3 Å². The van der Waals surface area contributed by atoms with Crippen LogP contribution in [0.3, 0.4) is 0 Å². The Labute approximate surface area is 174 Å². The van der Waals surface area contributed by atoms with Crippen molar-refractivity contribution in [2.24, 2.45) is 5.41 Å². The molecule has 164 valence electrons. The van der Waals surface area contributed by atoms with Crippen molar-refractivity contribution in [3.05, 3.63) is 18.2 Å². The first kappa shape index (κ1) is 22.4. The van der Waals surface area contributed by atoms with Crippen LogP contribution in [-0.4, -0.2) is 46.1 Å². The minimum Gasteiger partial charge on any atom is -0.492 e. The first-order valence-corrected chi connectivity index (χ1v) is 13.3. The van der Waals surface area contributed by atoms with Crippen molar-refractivity contribution >= 4 is 25.7 Å². The quantitative estimate of drug-likeness (QED) is 0.694. The number of benzene rings is 1. The first-order valence-electron chi connectivity index (χ1n) is 10.3. The smallest absolute Gasteiger partial charge is 0.246 e. The summed E-state index contributed by atoms with van der Waals surface area (Å²) in [5, 5.41) is -0.458. The number of nitrogens with one attached hydrogen (secondary N) is 1. The number of anilines is 1. The highest BCUT2D eigenvalue weighted by atomic mass is 32.2. The molecule has 9 heteroatoms.